The lowest BCUT2D eigenvalue weighted by atomic mass is 10.1. The fraction of sp³-hybridized carbons (Fsp3) is 0.208. The van der Waals surface area contributed by atoms with Crippen LogP contribution in [0.25, 0.3) is 22.2 Å². The molecule has 0 fully saturated rings. The Kier molecular flexibility index (Phi) is 7.44. The molecule has 33 heavy (non-hydrogen) atoms. The number of halogens is 2. The Balaban J connectivity index is 1.80. The van der Waals surface area contributed by atoms with Crippen LogP contribution in [-0.2, 0) is 0 Å². The molecule has 170 valence electrons. The van der Waals surface area contributed by atoms with Gasteiger partial charge in [0.2, 0.25) is 5.95 Å². The fourth-order valence-corrected chi connectivity index (χ4v) is 4.01. The second kappa shape index (κ2) is 10.7. The van der Waals surface area contributed by atoms with Crippen LogP contribution in [0.2, 0.25) is 10.0 Å². The van der Waals surface area contributed by atoms with Gasteiger partial charge in [0.25, 0.3) is 5.56 Å². The first-order chi connectivity index (χ1) is 16.1. The Labute approximate surface area is 201 Å². The van der Waals surface area contributed by atoms with Gasteiger partial charge in [-0.15, -0.1) is 4.73 Å². The highest BCUT2D eigenvalue weighted by atomic mass is 35.5. The van der Waals surface area contributed by atoms with Crippen LogP contribution in [0.15, 0.2) is 65.6 Å². The summed E-state index contributed by atoms with van der Waals surface area (Å²) < 4.78 is 1.20. The molecule has 0 aliphatic carbocycles. The molecule has 0 radical (unpaired) electrons. The molecule has 9 heteroatoms. The Morgan fingerprint density at radius 2 is 1.76 bits per heavy atom. The Hall–Kier alpha value is -3.13. The molecule has 0 spiro atoms. The largest absolute Gasteiger partial charge is 0.409 e. The molecule has 0 atom stereocenters. The van der Waals surface area contributed by atoms with Gasteiger partial charge in [-0.05, 0) is 56.1 Å². The minimum Gasteiger partial charge on any atom is -0.409 e. The highest BCUT2D eigenvalue weighted by Crippen LogP contribution is 2.33. The Morgan fingerprint density at radius 3 is 2.48 bits per heavy atom. The number of anilines is 2. The lowest BCUT2D eigenvalue weighted by Crippen LogP contribution is -2.30. The van der Waals surface area contributed by atoms with Gasteiger partial charge in [0, 0.05) is 22.8 Å². The summed E-state index contributed by atoms with van der Waals surface area (Å²) in [5.41, 5.74) is 7.10. The number of unbranched alkanes of at least 4 members (excludes halogenated alkanes) is 2. The summed E-state index contributed by atoms with van der Waals surface area (Å²) in [6, 6.07) is 16.3. The summed E-state index contributed by atoms with van der Waals surface area (Å²) in [5, 5.41) is 4.50. The zero-order valence-electron chi connectivity index (χ0n) is 17.8. The number of nitrogens with two attached hydrogens (primary N) is 1. The van der Waals surface area contributed by atoms with Crippen LogP contribution in [0, 0.1) is 0 Å². The van der Waals surface area contributed by atoms with Crippen molar-refractivity contribution in [3.63, 3.8) is 0 Å². The molecular formula is C24H23Cl2N5O2. The molecule has 0 unspecified atom stereocenters. The van der Waals surface area contributed by atoms with Crippen molar-refractivity contribution in [2.75, 3.05) is 18.5 Å². The number of benzene rings is 2. The summed E-state index contributed by atoms with van der Waals surface area (Å²) in [4.78, 5) is 28.4. The molecule has 0 saturated heterocycles. The van der Waals surface area contributed by atoms with Gasteiger partial charge in [-0.25, -0.2) is 4.98 Å². The first-order valence-electron chi connectivity index (χ1n) is 10.6. The molecule has 7 nitrogen and oxygen atoms in total. The average molecular weight is 484 g/mol. The molecular weight excluding hydrogens is 461 g/mol. The fourth-order valence-electron chi connectivity index (χ4n) is 3.41. The Morgan fingerprint density at radius 1 is 1.00 bits per heavy atom. The van der Waals surface area contributed by atoms with Gasteiger partial charge in [0.1, 0.15) is 6.61 Å². The SMILES string of the molecule is NCCCCCOn1c(=O)c(-c2c(Cl)cccc2Cl)cc2cnc(Nc3ccccc3)nc21. The van der Waals surface area contributed by atoms with Crippen molar-refractivity contribution in [3.05, 3.63) is 81.2 Å². The van der Waals surface area contributed by atoms with E-state index in [2.05, 4.69) is 15.3 Å². The van der Waals surface area contributed by atoms with E-state index in [1.165, 1.54) is 4.73 Å². The van der Waals surface area contributed by atoms with Crippen molar-refractivity contribution in [2.24, 2.45) is 5.73 Å². The molecule has 4 rings (SSSR count). The number of para-hydroxylation sites is 1. The van der Waals surface area contributed by atoms with Crippen molar-refractivity contribution < 1.29 is 4.84 Å². The number of hydrogen-bond acceptors (Lipinski definition) is 6. The third-order valence-electron chi connectivity index (χ3n) is 5.03. The van der Waals surface area contributed by atoms with E-state index < -0.39 is 5.56 Å². The highest BCUT2D eigenvalue weighted by molar-refractivity contribution is 6.39. The summed E-state index contributed by atoms with van der Waals surface area (Å²) in [6.45, 7) is 0.950. The normalized spacial score (nSPS) is 11.0. The van der Waals surface area contributed by atoms with Crippen molar-refractivity contribution in [3.8, 4) is 11.1 Å². The van der Waals surface area contributed by atoms with Crippen molar-refractivity contribution in [1.29, 1.82) is 0 Å². The molecule has 0 bridgehead atoms. The van der Waals surface area contributed by atoms with Crippen molar-refractivity contribution in [1.82, 2.24) is 14.7 Å². The van der Waals surface area contributed by atoms with Crippen LogP contribution in [0.1, 0.15) is 19.3 Å². The van der Waals surface area contributed by atoms with Crippen LogP contribution in [0.4, 0.5) is 11.6 Å². The van der Waals surface area contributed by atoms with Crippen LogP contribution >= 0.6 is 23.2 Å². The van der Waals surface area contributed by atoms with Gasteiger partial charge in [-0.1, -0.05) is 47.5 Å². The zero-order chi connectivity index (χ0) is 23.2. The maximum atomic E-state index is 13.5. The van der Waals surface area contributed by atoms with Crippen LogP contribution in [-0.4, -0.2) is 27.9 Å². The van der Waals surface area contributed by atoms with Crippen LogP contribution < -0.4 is 21.4 Å². The lowest BCUT2D eigenvalue weighted by Gasteiger charge is -2.15. The third-order valence-corrected chi connectivity index (χ3v) is 5.66. The maximum Gasteiger partial charge on any atom is 0.293 e. The lowest BCUT2D eigenvalue weighted by molar-refractivity contribution is 0.108. The zero-order valence-corrected chi connectivity index (χ0v) is 19.3. The average Bonchev–Trinajstić information content (AvgIpc) is 2.81. The van der Waals surface area contributed by atoms with Crippen LogP contribution in [0.5, 0.6) is 0 Å². The number of rotatable bonds is 9. The molecule has 0 aliphatic heterocycles. The van der Waals surface area contributed by atoms with E-state index in [0.29, 0.717) is 51.3 Å². The maximum absolute atomic E-state index is 13.5. The molecule has 4 aromatic rings. The van der Waals surface area contributed by atoms with E-state index in [1.54, 1.807) is 30.5 Å². The number of aromatic nitrogens is 3. The van der Waals surface area contributed by atoms with E-state index in [0.717, 1.165) is 24.9 Å². The minimum atomic E-state index is -0.402. The second-order valence-electron chi connectivity index (χ2n) is 7.40. The summed E-state index contributed by atoms with van der Waals surface area (Å²) >= 11 is 12.8. The number of nitrogens with zero attached hydrogens (tertiary/aromatic N) is 3. The van der Waals surface area contributed by atoms with Crippen molar-refractivity contribution >= 4 is 45.9 Å². The monoisotopic (exact) mass is 483 g/mol. The first kappa shape index (κ1) is 23.0. The third kappa shape index (κ3) is 5.27. The van der Waals surface area contributed by atoms with E-state index in [-0.39, 0.29) is 0 Å². The van der Waals surface area contributed by atoms with Gasteiger partial charge in [-0.2, -0.15) is 4.98 Å². The van der Waals surface area contributed by atoms with Gasteiger partial charge >= 0.3 is 0 Å². The number of pyridine rings is 1. The summed E-state index contributed by atoms with van der Waals surface area (Å²) in [5.74, 6) is 0.345. The van der Waals surface area contributed by atoms with E-state index in [9.17, 15) is 4.79 Å². The van der Waals surface area contributed by atoms with E-state index in [1.807, 2.05) is 30.3 Å². The molecule has 2 heterocycles. The van der Waals surface area contributed by atoms with Crippen molar-refractivity contribution in [2.45, 2.75) is 19.3 Å². The molecule has 2 aromatic carbocycles. The van der Waals surface area contributed by atoms with Gasteiger partial charge in [0.15, 0.2) is 5.65 Å². The molecule has 0 saturated carbocycles. The second-order valence-corrected chi connectivity index (χ2v) is 8.21. The van der Waals surface area contributed by atoms with Gasteiger partial charge in [0.05, 0.1) is 15.6 Å². The van der Waals surface area contributed by atoms with E-state index >= 15 is 0 Å². The molecule has 2 aromatic heterocycles. The van der Waals surface area contributed by atoms with E-state index in [4.69, 9.17) is 33.8 Å². The number of fused-ring (bicyclic) bond motifs is 1. The molecule has 3 N–H and O–H groups in total. The summed E-state index contributed by atoms with van der Waals surface area (Å²) in [6.07, 6.45) is 4.18. The summed E-state index contributed by atoms with van der Waals surface area (Å²) in [7, 11) is 0. The smallest absolute Gasteiger partial charge is 0.293 e. The molecule has 0 amide bonds. The predicted octanol–water partition coefficient (Wildman–Crippen LogP) is 5.07. The Bertz CT molecular complexity index is 1290. The molecule has 0 aliphatic rings. The minimum absolute atomic E-state index is 0.312. The quantitative estimate of drug-likeness (QED) is 0.322. The van der Waals surface area contributed by atoms with Gasteiger partial charge in [-0.3, -0.25) is 4.79 Å². The van der Waals surface area contributed by atoms with Crippen LogP contribution in [0.3, 0.4) is 0 Å². The predicted molar refractivity (Wildman–Crippen MR) is 133 cm³/mol. The topological polar surface area (TPSA) is 95.1 Å². The number of hydrogen-bond donors (Lipinski definition) is 2. The standard InChI is InChI=1S/C24H23Cl2N5O2/c25-19-10-7-11-20(26)21(19)18-14-16-15-28-24(29-17-8-3-1-4-9-17)30-22(16)31(23(18)32)33-13-6-2-5-12-27/h1,3-4,7-11,14-15H,2,5-6,12-13,27H2,(H,28,29,30). The van der Waals surface area contributed by atoms with Gasteiger partial charge < -0.3 is 15.9 Å². The first-order valence-corrected chi connectivity index (χ1v) is 11.4. The number of nitrogens with one attached hydrogen (secondary N) is 1. The highest BCUT2D eigenvalue weighted by Gasteiger charge is 2.18.